The van der Waals surface area contributed by atoms with Crippen LogP contribution in [0.4, 0.5) is 0 Å². The Morgan fingerprint density at radius 3 is 2.56 bits per heavy atom. The number of halogens is 1. The number of amides is 1. The van der Waals surface area contributed by atoms with Crippen LogP contribution in [0.2, 0.25) is 0 Å². The van der Waals surface area contributed by atoms with E-state index in [4.69, 9.17) is 11.6 Å². The molecule has 90 valence electrons. The molecule has 0 aromatic carbocycles. The first-order valence-electron chi connectivity index (χ1n) is 5.47. The van der Waals surface area contributed by atoms with Gasteiger partial charge in [-0.3, -0.25) is 9.89 Å². The molecule has 1 heterocycles. The van der Waals surface area contributed by atoms with E-state index in [-0.39, 0.29) is 11.4 Å². The number of H-pyrrole nitrogens is 1. The number of hydrogen-bond acceptors (Lipinski definition) is 2. The van der Waals surface area contributed by atoms with Crippen molar-refractivity contribution in [3.8, 4) is 0 Å². The zero-order valence-electron chi connectivity index (χ0n) is 9.93. The van der Waals surface area contributed by atoms with Crippen molar-refractivity contribution in [3.63, 3.8) is 0 Å². The van der Waals surface area contributed by atoms with E-state index in [2.05, 4.69) is 15.5 Å². The second kappa shape index (κ2) is 5.34. The normalized spacial score (nSPS) is 11.5. The molecule has 0 saturated carbocycles. The van der Waals surface area contributed by atoms with Gasteiger partial charge in [-0.25, -0.2) is 0 Å². The maximum absolute atomic E-state index is 12.0. The van der Waals surface area contributed by atoms with Crippen LogP contribution in [0.25, 0.3) is 0 Å². The van der Waals surface area contributed by atoms with Gasteiger partial charge in [-0.05, 0) is 19.8 Å². The van der Waals surface area contributed by atoms with Gasteiger partial charge in [0.1, 0.15) is 0 Å². The smallest absolute Gasteiger partial charge is 0.255 e. The van der Waals surface area contributed by atoms with Crippen LogP contribution >= 0.6 is 11.6 Å². The molecule has 0 aliphatic carbocycles. The van der Waals surface area contributed by atoms with Gasteiger partial charge < -0.3 is 5.32 Å². The van der Waals surface area contributed by atoms with E-state index in [1.165, 1.54) is 6.20 Å². The second-order valence-electron chi connectivity index (χ2n) is 3.98. The summed E-state index contributed by atoms with van der Waals surface area (Å²) in [5, 5.41) is 9.57. The predicted octanol–water partition coefficient (Wildman–Crippen LogP) is 2.25. The summed E-state index contributed by atoms with van der Waals surface area (Å²) in [6.07, 6.45) is 3.17. The molecule has 0 unspecified atom stereocenters. The molecule has 0 aliphatic rings. The molecule has 1 rings (SSSR count). The number of nitrogens with one attached hydrogen (secondary N) is 2. The Kier molecular flexibility index (Phi) is 4.35. The van der Waals surface area contributed by atoms with Gasteiger partial charge in [0.25, 0.3) is 5.91 Å². The summed E-state index contributed by atoms with van der Waals surface area (Å²) in [7, 11) is 0. The molecule has 0 fully saturated rings. The Balaban J connectivity index is 2.81. The lowest BCUT2D eigenvalue weighted by atomic mass is 9.95. The molecular weight excluding hydrogens is 226 g/mol. The van der Waals surface area contributed by atoms with E-state index in [1.807, 2.05) is 20.8 Å². The molecule has 16 heavy (non-hydrogen) atoms. The molecule has 1 amide bonds. The SMILES string of the molecule is CCC(CC)(CCl)NC(=O)c1cn[nH]c1C. The third-order valence-corrected chi connectivity index (χ3v) is 3.57. The largest absolute Gasteiger partial charge is 0.345 e. The van der Waals surface area contributed by atoms with Crippen molar-refractivity contribution in [1.29, 1.82) is 0 Å². The minimum absolute atomic E-state index is 0.115. The Morgan fingerprint density at radius 1 is 1.56 bits per heavy atom. The second-order valence-corrected chi connectivity index (χ2v) is 4.25. The van der Waals surface area contributed by atoms with Gasteiger partial charge in [0.05, 0.1) is 17.3 Å². The van der Waals surface area contributed by atoms with Crippen molar-refractivity contribution in [2.24, 2.45) is 0 Å². The van der Waals surface area contributed by atoms with E-state index < -0.39 is 0 Å². The number of aryl methyl sites for hydroxylation is 1. The quantitative estimate of drug-likeness (QED) is 0.780. The average Bonchev–Trinajstić information content (AvgIpc) is 2.72. The van der Waals surface area contributed by atoms with Gasteiger partial charge in [0.2, 0.25) is 0 Å². The molecule has 4 nitrogen and oxygen atoms in total. The summed E-state index contributed by atoms with van der Waals surface area (Å²) in [6.45, 7) is 5.87. The zero-order valence-corrected chi connectivity index (χ0v) is 10.7. The molecule has 1 aromatic rings. The zero-order chi connectivity index (χ0) is 12.2. The van der Waals surface area contributed by atoms with Gasteiger partial charge in [-0.1, -0.05) is 13.8 Å². The summed E-state index contributed by atoms with van der Waals surface area (Å²) in [6, 6.07) is 0. The van der Waals surface area contributed by atoms with Gasteiger partial charge in [-0.2, -0.15) is 5.10 Å². The first-order valence-corrected chi connectivity index (χ1v) is 6.00. The summed E-state index contributed by atoms with van der Waals surface area (Å²) < 4.78 is 0. The average molecular weight is 244 g/mol. The van der Waals surface area contributed by atoms with Crippen molar-refractivity contribution >= 4 is 17.5 Å². The number of aromatic amines is 1. The number of rotatable bonds is 5. The molecule has 0 bridgehead atoms. The molecule has 0 radical (unpaired) electrons. The van der Waals surface area contributed by atoms with Gasteiger partial charge in [0.15, 0.2) is 0 Å². The van der Waals surface area contributed by atoms with Crippen molar-refractivity contribution in [2.75, 3.05) is 5.88 Å². The first-order chi connectivity index (χ1) is 7.58. The van der Waals surface area contributed by atoms with Crippen molar-refractivity contribution in [2.45, 2.75) is 39.2 Å². The number of carbonyl (C=O) groups excluding carboxylic acids is 1. The van der Waals surface area contributed by atoms with Gasteiger partial charge in [-0.15, -0.1) is 11.6 Å². The molecule has 0 aliphatic heterocycles. The highest BCUT2D eigenvalue weighted by Crippen LogP contribution is 2.18. The Morgan fingerprint density at radius 2 is 2.19 bits per heavy atom. The lowest BCUT2D eigenvalue weighted by Gasteiger charge is -2.30. The van der Waals surface area contributed by atoms with Crippen molar-refractivity contribution < 1.29 is 4.79 Å². The van der Waals surface area contributed by atoms with Crippen LogP contribution in [0.5, 0.6) is 0 Å². The molecule has 0 spiro atoms. The Labute approximate surface area is 101 Å². The van der Waals surface area contributed by atoms with Crippen LogP contribution in [0, 0.1) is 6.92 Å². The van der Waals surface area contributed by atoms with Crippen molar-refractivity contribution in [3.05, 3.63) is 17.5 Å². The fraction of sp³-hybridized carbons (Fsp3) is 0.636. The summed E-state index contributed by atoms with van der Waals surface area (Å²) in [5.74, 6) is 0.304. The molecule has 0 saturated heterocycles. The molecule has 1 aromatic heterocycles. The van der Waals surface area contributed by atoms with Crippen LogP contribution in [-0.4, -0.2) is 27.5 Å². The Bertz CT molecular complexity index is 350. The van der Waals surface area contributed by atoms with Gasteiger partial charge in [0, 0.05) is 11.6 Å². The highest BCUT2D eigenvalue weighted by atomic mass is 35.5. The third-order valence-electron chi connectivity index (χ3n) is 3.06. The standard InChI is InChI=1S/C11H18ClN3O/c1-4-11(5-2,7-12)14-10(16)9-6-13-15-8(9)3/h6H,4-5,7H2,1-3H3,(H,13,15)(H,14,16). The minimum atomic E-state index is -0.317. The molecular formula is C11H18ClN3O. The van der Waals surface area contributed by atoms with E-state index in [0.717, 1.165) is 18.5 Å². The number of nitrogens with zero attached hydrogens (tertiary/aromatic N) is 1. The first kappa shape index (κ1) is 13.0. The Hall–Kier alpha value is -1.03. The summed E-state index contributed by atoms with van der Waals surface area (Å²) in [5.41, 5.74) is 1.03. The predicted molar refractivity (Wildman–Crippen MR) is 64.8 cm³/mol. The van der Waals surface area contributed by atoms with Gasteiger partial charge >= 0.3 is 0 Å². The maximum Gasteiger partial charge on any atom is 0.255 e. The molecule has 2 N–H and O–H groups in total. The number of aromatic nitrogens is 2. The summed E-state index contributed by atoms with van der Waals surface area (Å²) in [4.78, 5) is 12.0. The highest BCUT2D eigenvalue weighted by molar-refractivity contribution is 6.19. The third kappa shape index (κ3) is 2.55. The minimum Gasteiger partial charge on any atom is -0.345 e. The van der Waals surface area contributed by atoms with E-state index in [1.54, 1.807) is 0 Å². The highest BCUT2D eigenvalue weighted by Gasteiger charge is 2.28. The van der Waals surface area contributed by atoms with Crippen molar-refractivity contribution in [1.82, 2.24) is 15.5 Å². The number of alkyl halides is 1. The van der Waals surface area contributed by atoms with Crippen LogP contribution in [0.1, 0.15) is 42.7 Å². The molecule has 0 atom stereocenters. The number of hydrogen-bond donors (Lipinski definition) is 2. The monoisotopic (exact) mass is 243 g/mol. The van der Waals surface area contributed by atoms with Crippen LogP contribution in [0.15, 0.2) is 6.20 Å². The van der Waals surface area contributed by atoms with Crippen LogP contribution in [-0.2, 0) is 0 Å². The lowest BCUT2D eigenvalue weighted by molar-refractivity contribution is 0.0902. The van der Waals surface area contributed by atoms with E-state index >= 15 is 0 Å². The lowest BCUT2D eigenvalue weighted by Crippen LogP contribution is -2.49. The fourth-order valence-electron chi connectivity index (χ4n) is 1.54. The van der Waals surface area contributed by atoms with Crippen LogP contribution < -0.4 is 5.32 Å². The van der Waals surface area contributed by atoms with Crippen LogP contribution in [0.3, 0.4) is 0 Å². The fourth-order valence-corrected chi connectivity index (χ4v) is 1.98. The van der Waals surface area contributed by atoms with E-state index in [9.17, 15) is 4.79 Å². The van der Waals surface area contributed by atoms with E-state index in [0.29, 0.717) is 11.4 Å². The molecule has 5 heteroatoms. The summed E-state index contributed by atoms with van der Waals surface area (Å²) >= 11 is 5.93. The topological polar surface area (TPSA) is 57.8 Å². The maximum atomic E-state index is 12.0. The number of carbonyl (C=O) groups is 1.